The molecule has 0 aliphatic rings. The second kappa shape index (κ2) is 4.44. The largest absolute Gasteiger partial charge is 0.506 e. The molecule has 1 rings (SSSR count). The maximum atomic E-state index is 9.91. The first-order valence-electron chi connectivity index (χ1n) is 4.95. The molecule has 0 aliphatic carbocycles. The van der Waals surface area contributed by atoms with Crippen LogP contribution in [-0.2, 0) is 0 Å². The molecule has 0 aliphatic heterocycles. The van der Waals surface area contributed by atoms with Gasteiger partial charge in [-0.1, -0.05) is 20.8 Å². The van der Waals surface area contributed by atoms with E-state index in [1.807, 2.05) is 26.8 Å². The van der Waals surface area contributed by atoms with E-state index in [9.17, 15) is 5.11 Å². The van der Waals surface area contributed by atoms with Gasteiger partial charge < -0.3 is 10.8 Å². The molecule has 0 spiro atoms. The highest BCUT2D eigenvalue weighted by Crippen LogP contribution is 2.39. The van der Waals surface area contributed by atoms with E-state index in [1.54, 1.807) is 12.1 Å². The van der Waals surface area contributed by atoms with Crippen LogP contribution in [0.4, 0.5) is 0 Å². The van der Waals surface area contributed by atoms with Gasteiger partial charge in [-0.3, -0.25) is 0 Å². The molecule has 0 unspecified atom stereocenters. The number of phenolic OH excluding ortho intramolecular Hbond substituents is 1. The van der Waals surface area contributed by atoms with Crippen molar-refractivity contribution in [2.24, 2.45) is 11.1 Å². The summed E-state index contributed by atoms with van der Waals surface area (Å²) in [7, 11) is 0. The molecule has 3 nitrogen and oxygen atoms in total. The molecule has 0 amide bonds. The monoisotopic (exact) mass is 282 g/mol. The van der Waals surface area contributed by atoms with E-state index in [0.717, 1.165) is 0 Å². The van der Waals surface area contributed by atoms with Crippen LogP contribution in [0.3, 0.4) is 0 Å². The van der Waals surface area contributed by atoms with Crippen LogP contribution in [0.1, 0.15) is 37.9 Å². The van der Waals surface area contributed by atoms with Crippen LogP contribution in [0.15, 0.2) is 16.6 Å². The van der Waals surface area contributed by atoms with Crippen molar-refractivity contribution >= 4 is 15.9 Å². The molecule has 86 valence electrons. The number of halogens is 1. The molecule has 0 fully saturated rings. The summed E-state index contributed by atoms with van der Waals surface area (Å²) in [6, 6.07) is 4.94. The van der Waals surface area contributed by atoms with Crippen molar-refractivity contribution in [2.45, 2.75) is 26.8 Å². The van der Waals surface area contributed by atoms with Crippen LogP contribution in [0.2, 0.25) is 0 Å². The van der Waals surface area contributed by atoms with Crippen molar-refractivity contribution in [1.29, 1.82) is 5.26 Å². The van der Waals surface area contributed by atoms with Crippen LogP contribution in [-0.4, -0.2) is 5.11 Å². The Morgan fingerprint density at radius 2 is 2.00 bits per heavy atom. The van der Waals surface area contributed by atoms with E-state index < -0.39 is 0 Å². The highest BCUT2D eigenvalue weighted by atomic mass is 79.9. The molecule has 0 saturated carbocycles. The smallest absolute Gasteiger partial charge is 0.134 e. The van der Waals surface area contributed by atoms with Crippen molar-refractivity contribution < 1.29 is 5.11 Å². The summed E-state index contributed by atoms with van der Waals surface area (Å²) in [5.41, 5.74) is 6.98. The quantitative estimate of drug-likeness (QED) is 0.832. The Morgan fingerprint density at radius 3 is 2.44 bits per heavy atom. The van der Waals surface area contributed by atoms with Gasteiger partial charge in [0.2, 0.25) is 0 Å². The van der Waals surface area contributed by atoms with Gasteiger partial charge in [0, 0.05) is 11.6 Å². The van der Waals surface area contributed by atoms with E-state index in [4.69, 9.17) is 11.0 Å². The number of rotatable bonds is 1. The molecule has 0 saturated heterocycles. The van der Waals surface area contributed by atoms with E-state index in [1.165, 1.54) is 0 Å². The van der Waals surface area contributed by atoms with Crippen molar-refractivity contribution in [3.8, 4) is 11.8 Å². The highest BCUT2D eigenvalue weighted by molar-refractivity contribution is 9.10. The minimum absolute atomic E-state index is 0.112. The van der Waals surface area contributed by atoms with Gasteiger partial charge in [0.1, 0.15) is 5.75 Å². The predicted molar refractivity (Wildman–Crippen MR) is 66.9 cm³/mol. The van der Waals surface area contributed by atoms with Gasteiger partial charge >= 0.3 is 0 Å². The lowest BCUT2D eigenvalue weighted by atomic mass is 9.82. The summed E-state index contributed by atoms with van der Waals surface area (Å²) in [4.78, 5) is 0. The van der Waals surface area contributed by atoms with Crippen molar-refractivity contribution in [2.75, 3.05) is 0 Å². The standard InChI is InChI=1S/C12H15BrN2O/c1-12(2,3)11(15)8-4-7(6-14)5-9(13)10(8)16/h4-5,11,16H,15H2,1-3H3/t11-/m0/s1. The van der Waals surface area contributed by atoms with Gasteiger partial charge in [0.15, 0.2) is 0 Å². The number of hydrogen-bond donors (Lipinski definition) is 2. The second-order valence-corrected chi connectivity index (χ2v) is 5.71. The normalized spacial score (nSPS) is 13.2. The summed E-state index contributed by atoms with van der Waals surface area (Å²) in [5, 5.41) is 18.8. The van der Waals surface area contributed by atoms with E-state index >= 15 is 0 Å². The third-order valence-electron chi connectivity index (χ3n) is 2.49. The minimum atomic E-state index is -0.322. The summed E-state index contributed by atoms with van der Waals surface area (Å²) in [6.07, 6.45) is 0. The number of nitrogens with two attached hydrogens (primary N) is 1. The van der Waals surface area contributed by atoms with Crippen LogP contribution < -0.4 is 5.73 Å². The zero-order valence-corrected chi connectivity index (χ0v) is 11.2. The van der Waals surface area contributed by atoms with E-state index in [2.05, 4.69) is 15.9 Å². The second-order valence-electron chi connectivity index (χ2n) is 4.85. The fourth-order valence-electron chi connectivity index (χ4n) is 1.39. The molecule has 1 aromatic carbocycles. The van der Waals surface area contributed by atoms with Gasteiger partial charge in [0.25, 0.3) is 0 Å². The van der Waals surface area contributed by atoms with Gasteiger partial charge in [-0.2, -0.15) is 5.26 Å². The van der Waals surface area contributed by atoms with Crippen LogP contribution >= 0.6 is 15.9 Å². The number of phenols is 1. The highest BCUT2D eigenvalue weighted by Gasteiger charge is 2.26. The molecule has 3 N–H and O–H groups in total. The topological polar surface area (TPSA) is 70.0 Å². The van der Waals surface area contributed by atoms with Crippen molar-refractivity contribution in [3.63, 3.8) is 0 Å². The number of hydrogen-bond acceptors (Lipinski definition) is 3. The first-order chi connectivity index (χ1) is 7.27. The van der Waals surface area contributed by atoms with Crippen LogP contribution in [0.25, 0.3) is 0 Å². The zero-order valence-electron chi connectivity index (χ0n) is 9.58. The van der Waals surface area contributed by atoms with E-state index in [0.29, 0.717) is 15.6 Å². The third kappa shape index (κ3) is 2.55. The molecular weight excluding hydrogens is 268 g/mol. The Labute approximate surface area is 104 Å². The average molecular weight is 283 g/mol. The zero-order chi connectivity index (χ0) is 12.5. The first-order valence-corrected chi connectivity index (χ1v) is 5.74. The summed E-state index contributed by atoms with van der Waals surface area (Å²) < 4.78 is 0.501. The van der Waals surface area contributed by atoms with Crippen LogP contribution in [0.5, 0.6) is 5.75 Å². The molecule has 16 heavy (non-hydrogen) atoms. The molecular formula is C12H15BrN2O. The first kappa shape index (κ1) is 13.0. The van der Waals surface area contributed by atoms with Crippen LogP contribution in [0, 0.1) is 16.7 Å². The molecule has 0 heterocycles. The fraction of sp³-hybridized carbons (Fsp3) is 0.417. The lowest BCUT2D eigenvalue weighted by molar-refractivity contribution is 0.317. The Hall–Kier alpha value is -1.05. The minimum Gasteiger partial charge on any atom is -0.506 e. The summed E-state index contributed by atoms with van der Waals surface area (Å²) in [6.45, 7) is 5.97. The summed E-state index contributed by atoms with van der Waals surface area (Å²) >= 11 is 3.22. The Kier molecular flexibility index (Phi) is 3.61. The maximum Gasteiger partial charge on any atom is 0.134 e. The number of aromatic hydroxyl groups is 1. The Balaban J connectivity index is 3.34. The van der Waals surface area contributed by atoms with E-state index in [-0.39, 0.29) is 17.2 Å². The average Bonchev–Trinajstić information content (AvgIpc) is 2.19. The molecule has 0 aromatic heterocycles. The molecule has 1 aromatic rings. The lowest BCUT2D eigenvalue weighted by Crippen LogP contribution is -2.26. The molecule has 0 bridgehead atoms. The molecule has 4 heteroatoms. The Bertz CT molecular complexity index is 444. The molecule has 1 atom stereocenters. The van der Waals surface area contributed by atoms with Gasteiger partial charge in [-0.25, -0.2) is 0 Å². The Morgan fingerprint density at radius 1 is 1.44 bits per heavy atom. The van der Waals surface area contributed by atoms with Crippen molar-refractivity contribution in [1.82, 2.24) is 0 Å². The van der Waals surface area contributed by atoms with Gasteiger partial charge in [-0.15, -0.1) is 0 Å². The third-order valence-corrected chi connectivity index (χ3v) is 3.09. The SMILES string of the molecule is CC(C)(C)[C@@H](N)c1cc(C#N)cc(Br)c1O. The number of benzene rings is 1. The molecule has 0 radical (unpaired) electrons. The fourth-order valence-corrected chi connectivity index (χ4v) is 1.86. The van der Waals surface area contributed by atoms with Gasteiger partial charge in [-0.05, 0) is 33.5 Å². The number of nitrogens with zero attached hydrogens (tertiary/aromatic N) is 1. The lowest BCUT2D eigenvalue weighted by Gasteiger charge is -2.28. The van der Waals surface area contributed by atoms with Crippen molar-refractivity contribution in [3.05, 3.63) is 27.7 Å². The number of nitriles is 1. The predicted octanol–water partition coefficient (Wildman–Crippen LogP) is 3.07. The van der Waals surface area contributed by atoms with Gasteiger partial charge in [0.05, 0.1) is 16.1 Å². The maximum absolute atomic E-state index is 9.91. The summed E-state index contributed by atoms with van der Waals surface area (Å²) in [5.74, 6) is 0.112.